The number of anilines is 1. The fraction of sp³-hybridized carbons (Fsp3) is 0.0435. The number of thiophene rings is 1. The number of halogens is 1. The summed E-state index contributed by atoms with van der Waals surface area (Å²) in [4.78, 5) is 32.0. The molecule has 10 heteroatoms. The van der Waals surface area contributed by atoms with Gasteiger partial charge in [0.1, 0.15) is 21.2 Å². The van der Waals surface area contributed by atoms with Gasteiger partial charge in [-0.05, 0) is 30.3 Å². The molecule has 0 atom stereocenters. The molecule has 5 aromatic rings. The first kappa shape index (κ1) is 20.9. The number of aromatic amines is 1. The van der Waals surface area contributed by atoms with Gasteiger partial charge < -0.3 is 15.0 Å². The lowest BCUT2D eigenvalue weighted by Crippen LogP contribution is -2.11. The summed E-state index contributed by atoms with van der Waals surface area (Å²) in [5, 5.41) is 14.8. The minimum absolute atomic E-state index is 0.0945. The predicted molar refractivity (Wildman–Crippen MR) is 130 cm³/mol. The number of carbonyl (C=O) groups excluding carboxylic acids is 1. The number of nitrogens with one attached hydrogen (secondary N) is 2. The van der Waals surface area contributed by atoms with E-state index in [9.17, 15) is 14.9 Å². The number of benzene rings is 3. The van der Waals surface area contributed by atoms with E-state index in [2.05, 4.69) is 15.3 Å². The largest absolute Gasteiger partial charge is 0.495 e. The van der Waals surface area contributed by atoms with Crippen molar-refractivity contribution in [1.29, 1.82) is 0 Å². The second-order valence-corrected chi connectivity index (χ2v) is 8.53. The summed E-state index contributed by atoms with van der Waals surface area (Å²) in [5.41, 5.74) is 2.80. The fourth-order valence-electron chi connectivity index (χ4n) is 3.59. The van der Waals surface area contributed by atoms with E-state index < -0.39 is 10.8 Å². The molecule has 2 N–H and O–H groups in total. The molecular formula is C23H15ClN4O4S. The summed E-state index contributed by atoms with van der Waals surface area (Å²) in [6.45, 7) is 0. The van der Waals surface area contributed by atoms with E-state index in [1.54, 1.807) is 24.3 Å². The van der Waals surface area contributed by atoms with Gasteiger partial charge in [-0.2, -0.15) is 0 Å². The lowest BCUT2D eigenvalue weighted by atomic mass is 10.1. The van der Waals surface area contributed by atoms with E-state index >= 15 is 0 Å². The topological polar surface area (TPSA) is 110 Å². The van der Waals surface area contributed by atoms with Crippen LogP contribution in [0.25, 0.3) is 32.5 Å². The van der Waals surface area contributed by atoms with Crippen LogP contribution >= 0.6 is 22.9 Å². The number of imidazole rings is 1. The Balaban J connectivity index is 1.53. The van der Waals surface area contributed by atoms with Gasteiger partial charge in [-0.25, -0.2) is 4.98 Å². The molecule has 5 rings (SSSR count). The number of nitrogens with zero attached hydrogens (tertiary/aromatic N) is 2. The van der Waals surface area contributed by atoms with Crippen LogP contribution in [0.15, 0.2) is 60.7 Å². The summed E-state index contributed by atoms with van der Waals surface area (Å²) in [6, 6.07) is 17.6. The predicted octanol–water partition coefficient (Wildman–Crippen LogP) is 6.27. The SMILES string of the molecule is COc1ccc(-c2nc3ccccc3[nH]2)cc1NC(=O)c1sc2c([N+](=O)[O-])cccc2c1Cl. The number of rotatable bonds is 5. The number of hydrogen-bond donors (Lipinski definition) is 2. The molecule has 0 aliphatic rings. The van der Waals surface area contributed by atoms with E-state index in [1.165, 1.54) is 13.2 Å². The minimum Gasteiger partial charge on any atom is -0.495 e. The van der Waals surface area contributed by atoms with Crippen LogP contribution in [0.2, 0.25) is 5.02 Å². The fourth-order valence-corrected chi connectivity index (χ4v) is 5.08. The summed E-state index contributed by atoms with van der Waals surface area (Å²) >= 11 is 7.40. The second kappa shape index (κ2) is 8.19. The monoisotopic (exact) mass is 478 g/mol. The Kier molecular flexibility index (Phi) is 5.20. The van der Waals surface area contributed by atoms with Crippen LogP contribution in [-0.2, 0) is 0 Å². The molecule has 0 bridgehead atoms. The van der Waals surface area contributed by atoms with Crippen molar-refractivity contribution in [3.8, 4) is 17.1 Å². The number of para-hydroxylation sites is 2. The molecule has 0 radical (unpaired) electrons. The Morgan fingerprint density at radius 2 is 2.00 bits per heavy atom. The average Bonchev–Trinajstić information content (AvgIpc) is 3.40. The van der Waals surface area contributed by atoms with E-state index in [1.807, 2.05) is 30.3 Å². The quantitative estimate of drug-likeness (QED) is 0.228. The molecule has 0 saturated heterocycles. The van der Waals surface area contributed by atoms with E-state index in [4.69, 9.17) is 16.3 Å². The highest BCUT2D eigenvalue weighted by atomic mass is 35.5. The molecular weight excluding hydrogens is 464 g/mol. The van der Waals surface area contributed by atoms with E-state index in [0.717, 1.165) is 27.9 Å². The second-order valence-electron chi connectivity index (χ2n) is 7.13. The number of nitro benzene ring substituents is 1. The first-order chi connectivity index (χ1) is 16.0. The standard InChI is InChI=1S/C23H15ClN4O4S/c1-32-18-10-9-12(22-25-14-6-2-3-7-15(14)26-22)11-16(18)27-23(29)21-19(24)13-5-4-8-17(28(30)31)20(13)33-21/h2-11H,1H3,(H,25,26)(H,27,29). The van der Waals surface area contributed by atoms with Crippen LogP contribution in [0.1, 0.15) is 9.67 Å². The summed E-state index contributed by atoms with van der Waals surface area (Å²) in [5.74, 6) is 0.604. The third-order valence-electron chi connectivity index (χ3n) is 5.15. The number of amides is 1. The van der Waals surface area contributed by atoms with Crippen molar-refractivity contribution < 1.29 is 14.5 Å². The number of methoxy groups -OCH3 is 1. The Morgan fingerprint density at radius 3 is 2.76 bits per heavy atom. The smallest absolute Gasteiger partial charge is 0.287 e. The lowest BCUT2D eigenvalue weighted by Gasteiger charge is -2.11. The number of hydrogen-bond acceptors (Lipinski definition) is 6. The summed E-state index contributed by atoms with van der Waals surface area (Å²) < 4.78 is 5.76. The number of nitro groups is 1. The highest BCUT2D eigenvalue weighted by Gasteiger charge is 2.23. The maximum atomic E-state index is 13.1. The lowest BCUT2D eigenvalue weighted by molar-refractivity contribution is -0.382. The van der Waals surface area contributed by atoms with Crippen molar-refractivity contribution >= 4 is 61.3 Å². The zero-order valence-electron chi connectivity index (χ0n) is 17.1. The number of non-ortho nitro benzene ring substituents is 1. The van der Waals surface area contributed by atoms with Gasteiger partial charge in [0, 0.05) is 17.0 Å². The third-order valence-corrected chi connectivity index (χ3v) is 6.88. The number of ether oxygens (including phenoxy) is 1. The molecule has 164 valence electrons. The van der Waals surface area contributed by atoms with Gasteiger partial charge in [-0.1, -0.05) is 35.9 Å². The average molecular weight is 479 g/mol. The van der Waals surface area contributed by atoms with Crippen molar-refractivity contribution in [1.82, 2.24) is 9.97 Å². The maximum absolute atomic E-state index is 13.1. The molecule has 1 amide bonds. The van der Waals surface area contributed by atoms with Gasteiger partial charge >= 0.3 is 0 Å². The number of carbonyl (C=O) groups is 1. The van der Waals surface area contributed by atoms with Crippen LogP contribution < -0.4 is 10.1 Å². The van der Waals surface area contributed by atoms with Crippen molar-refractivity contribution in [2.75, 3.05) is 12.4 Å². The molecule has 2 aromatic heterocycles. The first-order valence-electron chi connectivity index (χ1n) is 9.76. The van der Waals surface area contributed by atoms with Crippen LogP contribution in [-0.4, -0.2) is 27.9 Å². The molecule has 0 fully saturated rings. The molecule has 0 aliphatic heterocycles. The molecule has 0 unspecified atom stereocenters. The zero-order valence-corrected chi connectivity index (χ0v) is 18.7. The Hall–Kier alpha value is -3.95. The maximum Gasteiger partial charge on any atom is 0.287 e. The van der Waals surface area contributed by atoms with Crippen LogP contribution in [0.3, 0.4) is 0 Å². The van der Waals surface area contributed by atoms with Gasteiger partial charge in [0.15, 0.2) is 0 Å². The Labute approximate surface area is 195 Å². The highest BCUT2D eigenvalue weighted by Crippen LogP contribution is 2.41. The van der Waals surface area contributed by atoms with Crippen molar-refractivity contribution in [2.45, 2.75) is 0 Å². The summed E-state index contributed by atoms with van der Waals surface area (Å²) in [7, 11) is 1.50. The van der Waals surface area contributed by atoms with E-state index in [0.29, 0.717) is 27.3 Å². The highest BCUT2D eigenvalue weighted by molar-refractivity contribution is 7.22. The third kappa shape index (κ3) is 3.67. The molecule has 0 aliphatic carbocycles. The molecule has 3 aromatic carbocycles. The van der Waals surface area contributed by atoms with Gasteiger partial charge in [0.05, 0.1) is 33.8 Å². The number of aromatic nitrogens is 2. The van der Waals surface area contributed by atoms with E-state index in [-0.39, 0.29) is 15.6 Å². The van der Waals surface area contributed by atoms with Crippen molar-refractivity contribution in [2.24, 2.45) is 0 Å². The Morgan fingerprint density at radius 1 is 1.18 bits per heavy atom. The normalized spacial score (nSPS) is 11.1. The zero-order chi connectivity index (χ0) is 23.1. The summed E-state index contributed by atoms with van der Waals surface area (Å²) in [6.07, 6.45) is 0. The van der Waals surface area contributed by atoms with Gasteiger partial charge in [-0.15, -0.1) is 11.3 Å². The van der Waals surface area contributed by atoms with Crippen LogP contribution in [0.5, 0.6) is 5.75 Å². The molecule has 2 heterocycles. The van der Waals surface area contributed by atoms with Gasteiger partial charge in [0.25, 0.3) is 11.6 Å². The van der Waals surface area contributed by atoms with Crippen molar-refractivity contribution in [3.63, 3.8) is 0 Å². The molecule has 0 saturated carbocycles. The number of fused-ring (bicyclic) bond motifs is 2. The van der Waals surface area contributed by atoms with Gasteiger partial charge in [0.2, 0.25) is 0 Å². The van der Waals surface area contributed by atoms with Crippen molar-refractivity contribution in [3.05, 3.63) is 80.7 Å². The van der Waals surface area contributed by atoms with Crippen LogP contribution in [0, 0.1) is 10.1 Å². The Bertz CT molecular complexity index is 1530. The first-order valence-corrected chi connectivity index (χ1v) is 11.0. The number of H-pyrrole nitrogens is 1. The molecule has 33 heavy (non-hydrogen) atoms. The van der Waals surface area contributed by atoms with Gasteiger partial charge in [-0.3, -0.25) is 14.9 Å². The molecule has 0 spiro atoms. The molecule has 8 nitrogen and oxygen atoms in total. The van der Waals surface area contributed by atoms with Crippen LogP contribution in [0.4, 0.5) is 11.4 Å². The minimum atomic E-state index is -0.490.